The Bertz CT molecular complexity index is 1130. The van der Waals surface area contributed by atoms with E-state index < -0.39 is 0 Å². The number of ether oxygens (including phenoxy) is 1. The fourth-order valence-electron chi connectivity index (χ4n) is 3.37. The summed E-state index contributed by atoms with van der Waals surface area (Å²) in [7, 11) is 1.60. The summed E-state index contributed by atoms with van der Waals surface area (Å²) in [6.45, 7) is 0.328. The summed E-state index contributed by atoms with van der Waals surface area (Å²) < 4.78 is 18.6. The number of benzene rings is 4. The van der Waals surface area contributed by atoms with Crippen LogP contribution in [-0.2, 0) is 6.54 Å². The lowest BCUT2D eigenvalue weighted by Crippen LogP contribution is -2.30. The van der Waals surface area contributed by atoms with E-state index in [1.807, 2.05) is 66.7 Å². The fourth-order valence-corrected chi connectivity index (χ4v) is 3.37. The minimum absolute atomic E-state index is 0.115. The normalized spacial score (nSPS) is 10.7. The van der Waals surface area contributed by atoms with E-state index in [1.165, 1.54) is 12.1 Å². The van der Waals surface area contributed by atoms with Gasteiger partial charge in [-0.1, -0.05) is 48.5 Å². The first kappa shape index (κ1) is 18.7. The summed E-state index contributed by atoms with van der Waals surface area (Å²) in [5.74, 6) is 0.300. The van der Waals surface area contributed by atoms with Crippen molar-refractivity contribution in [2.24, 2.45) is 0 Å². The zero-order valence-electron chi connectivity index (χ0n) is 16.0. The second-order valence-electron chi connectivity index (χ2n) is 6.74. The Hall–Kier alpha value is -3.66. The van der Waals surface area contributed by atoms with E-state index in [-0.39, 0.29) is 11.7 Å². The molecule has 144 valence electrons. The van der Waals surface area contributed by atoms with E-state index in [0.29, 0.717) is 17.9 Å². The number of hydrogen-bond donors (Lipinski definition) is 0. The molecule has 0 aliphatic heterocycles. The second kappa shape index (κ2) is 8.15. The minimum Gasteiger partial charge on any atom is -0.497 e. The van der Waals surface area contributed by atoms with Crippen molar-refractivity contribution in [2.45, 2.75) is 6.54 Å². The number of halogens is 1. The second-order valence-corrected chi connectivity index (χ2v) is 6.74. The molecule has 0 heterocycles. The maximum atomic E-state index is 13.6. The molecule has 0 bridgehead atoms. The average molecular weight is 385 g/mol. The predicted octanol–water partition coefficient (Wildman–Crippen LogP) is 5.83. The Morgan fingerprint density at radius 2 is 1.55 bits per heavy atom. The molecule has 0 unspecified atom stereocenters. The van der Waals surface area contributed by atoms with Gasteiger partial charge >= 0.3 is 0 Å². The zero-order chi connectivity index (χ0) is 20.2. The first-order valence-corrected chi connectivity index (χ1v) is 9.34. The first-order valence-electron chi connectivity index (χ1n) is 9.34. The highest BCUT2D eigenvalue weighted by atomic mass is 19.1. The van der Waals surface area contributed by atoms with Crippen LogP contribution < -0.4 is 9.64 Å². The SMILES string of the molecule is COc1ccc(N(Cc2ccc(F)cc2)C(=O)c2cccc3ccccc23)cc1. The van der Waals surface area contributed by atoms with Gasteiger partial charge in [0.25, 0.3) is 5.91 Å². The molecule has 1 amide bonds. The maximum Gasteiger partial charge on any atom is 0.259 e. The van der Waals surface area contributed by atoms with Gasteiger partial charge in [0.15, 0.2) is 0 Å². The van der Waals surface area contributed by atoms with Gasteiger partial charge in [-0.25, -0.2) is 4.39 Å². The molecule has 0 radical (unpaired) electrons. The minimum atomic E-state index is -0.301. The highest BCUT2D eigenvalue weighted by Crippen LogP contribution is 2.26. The van der Waals surface area contributed by atoms with Gasteiger partial charge in [0.1, 0.15) is 11.6 Å². The van der Waals surface area contributed by atoms with E-state index in [0.717, 1.165) is 22.0 Å². The summed E-state index contributed by atoms with van der Waals surface area (Å²) in [4.78, 5) is 15.3. The van der Waals surface area contributed by atoms with Crippen LogP contribution in [-0.4, -0.2) is 13.0 Å². The molecule has 4 heteroatoms. The van der Waals surface area contributed by atoms with Gasteiger partial charge < -0.3 is 9.64 Å². The van der Waals surface area contributed by atoms with Crippen molar-refractivity contribution in [3.63, 3.8) is 0 Å². The molecule has 4 aromatic carbocycles. The summed E-state index contributed by atoms with van der Waals surface area (Å²) >= 11 is 0. The van der Waals surface area contributed by atoms with Crippen molar-refractivity contribution in [1.29, 1.82) is 0 Å². The van der Waals surface area contributed by atoms with Gasteiger partial charge in [0.2, 0.25) is 0 Å². The highest BCUT2D eigenvalue weighted by Gasteiger charge is 2.20. The molecule has 0 spiro atoms. The molecule has 29 heavy (non-hydrogen) atoms. The zero-order valence-corrected chi connectivity index (χ0v) is 16.0. The Kier molecular flexibility index (Phi) is 5.25. The van der Waals surface area contributed by atoms with Gasteiger partial charge in [-0.05, 0) is 58.8 Å². The lowest BCUT2D eigenvalue weighted by molar-refractivity contribution is 0.0986. The highest BCUT2D eigenvalue weighted by molar-refractivity contribution is 6.14. The Labute approximate surface area is 169 Å². The molecule has 0 N–H and O–H groups in total. The third-order valence-corrected chi connectivity index (χ3v) is 4.90. The molecule has 3 nitrogen and oxygen atoms in total. The number of carbonyl (C=O) groups is 1. The van der Waals surface area contributed by atoms with Crippen molar-refractivity contribution in [3.05, 3.63) is 108 Å². The monoisotopic (exact) mass is 385 g/mol. The topological polar surface area (TPSA) is 29.5 Å². The first-order chi connectivity index (χ1) is 14.2. The van der Waals surface area contributed by atoms with Crippen molar-refractivity contribution < 1.29 is 13.9 Å². The van der Waals surface area contributed by atoms with Crippen LogP contribution in [0.2, 0.25) is 0 Å². The third-order valence-electron chi connectivity index (χ3n) is 4.90. The van der Waals surface area contributed by atoms with E-state index in [2.05, 4.69) is 0 Å². The summed E-state index contributed by atoms with van der Waals surface area (Å²) in [5.41, 5.74) is 2.21. The number of methoxy groups -OCH3 is 1. The van der Waals surface area contributed by atoms with Crippen LogP contribution in [0.5, 0.6) is 5.75 Å². The number of rotatable bonds is 5. The Balaban J connectivity index is 1.77. The predicted molar refractivity (Wildman–Crippen MR) is 114 cm³/mol. The molecule has 0 atom stereocenters. The van der Waals surface area contributed by atoms with Crippen molar-refractivity contribution in [3.8, 4) is 5.75 Å². The molecule has 0 saturated carbocycles. The summed E-state index contributed by atoms with van der Waals surface area (Å²) in [6.07, 6.45) is 0. The van der Waals surface area contributed by atoms with Gasteiger partial charge in [-0.3, -0.25) is 4.79 Å². The number of fused-ring (bicyclic) bond motifs is 1. The van der Waals surface area contributed by atoms with Gasteiger partial charge in [-0.15, -0.1) is 0 Å². The van der Waals surface area contributed by atoms with Crippen LogP contribution in [0.3, 0.4) is 0 Å². The van der Waals surface area contributed by atoms with E-state index in [9.17, 15) is 9.18 Å². The van der Waals surface area contributed by atoms with Crippen LogP contribution >= 0.6 is 0 Å². The smallest absolute Gasteiger partial charge is 0.259 e. The fraction of sp³-hybridized carbons (Fsp3) is 0.0800. The molecule has 0 saturated heterocycles. The molecule has 0 aromatic heterocycles. The molecule has 4 rings (SSSR count). The Morgan fingerprint density at radius 3 is 2.28 bits per heavy atom. The Morgan fingerprint density at radius 1 is 0.862 bits per heavy atom. The van der Waals surface area contributed by atoms with Crippen LogP contribution in [0.25, 0.3) is 10.8 Å². The summed E-state index contributed by atoms with van der Waals surface area (Å²) in [5, 5.41) is 1.91. The summed E-state index contributed by atoms with van der Waals surface area (Å²) in [6, 6.07) is 27.1. The number of nitrogens with zero attached hydrogens (tertiary/aromatic N) is 1. The molecule has 0 aliphatic rings. The van der Waals surface area contributed by atoms with Crippen LogP contribution in [0, 0.1) is 5.82 Å². The van der Waals surface area contributed by atoms with Gasteiger partial charge in [-0.2, -0.15) is 0 Å². The molecule has 0 fully saturated rings. The average Bonchev–Trinajstić information content (AvgIpc) is 2.78. The lowest BCUT2D eigenvalue weighted by atomic mass is 10.0. The largest absolute Gasteiger partial charge is 0.497 e. The molecule has 0 aliphatic carbocycles. The number of amides is 1. The quantitative estimate of drug-likeness (QED) is 0.432. The van der Waals surface area contributed by atoms with Crippen LogP contribution in [0.15, 0.2) is 91.0 Å². The van der Waals surface area contributed by atoms with Crippen molar-refractivity contribution in [1.82, 2.24) is 0 Å². The number of carbonyl (C=O) groups excluding carboxylic acids is 1. The number of anilines is 1. The maximum absolute atomic E-state index is 13.6. The standard InChI is InChI=1S/C25H20FNO2/c1-29-22-15-13-21(14-16-22)27(17-18-9-11-20(26)12-10-18)25(28)24-8-4-6-19-5-2-3-7-23(19)24/h2-16H,17H2,1H3. The molecular formula is C25H20FNO2. The van der Waals surface area contributed by atoms with E-state index in [1.54, 1.807) is 24.1 Å². The van der Waals surface area contributed by atoms with Gasteiger partial charge in [0.05, 0.1) is 13.7 Å². The molecular weight excluding hydrogens is 365 g/mol. The van der Waals surface area contributed by atoms with E-state index >= 15 is 0 Å². The van der Waals surface area contributed by atoms with Crippen LogP contribution in [0.1, 0.15) is 15.9 Å². The van der Waals surface area contributed by atoms with E-state index in [4.69, 9.17) is 4.74 Å². The number of hydrogen-bond acceptors (Lipinski definition) is 2. The van der Waals surface area contributed by atoms with Crippen molar-refractivity contribution >= 4 is 22.4 Å². The molecule has 4 aromatic rings. The van der Waals surface area contributed by atoms with Crippen LogP contribution in [0.4, 0.5) is 10.1 Å². The third kappa shape index (κ3) is 3.97. The van der Waals surface area contributed by atoms with Gasteiger partial charge in [0, 0.05) is 11.3 Å². The van der Waals surface area contributed by atoms with Crippen molar-refractivity contribution in [2.75, 3.05) is 12.0 Å². The lowest BCUT2D eigenvalue weighted by Gasteiger charge is -2.24.